The van der Waals surface area contributed by atoms with Crippen LogP contribution < -0.4 is 0 Å². The van der Waals surface area contributed by atoms with Gasteiger partial charge in [-0.25, -0.2) is 54.3 Å². The van der Waals surface area contributed by atoms with Crippen molar-refractivity contribution in [3.05, 3.63) is 0 Å². The normalized spacial score (nSPS) is 19.3. The zero-order valence-electron chi connectivity index (χ0n) is 75.3. The Kier molecular flexibility index (Phi) is 54.5. The monoisotopic (exact) mass is 2030 g/mol. The van der Waals surface area contributed by atoms with Gasteiger partial charge in [0.15, 0.2) is 0 Å². The Balaban J connectivity index is -0.00000152. The van der Waals surface area contributed by atoms with E-state index in [2.05, 4.69) is 75.8 Å². The molecular formula is C77H112F26O31. The molecule has 5 aliphatic rings. The summed E-state index contributed by atoms with van der Waals surface area (Å²) < 4.78 is 408. The Morgan fingerprint density at radius 3 is 0.985 bits per heavy atom. The van der Waals surface area contributed by atoms with E-state index in [9.17, 15) is 167 Å². The molecule has 31 nitrogen and oxygen atoms in total. The summed E-state index contributed by atoms with van der Waals surface area (Å²) in [4.78, 5) is 124. The molecule has 0 radical (unpaired) electrons. The van der Waals surface area contributed by atoms with Crippen LogP contribution in [-0.4, -0.2) is 274 Å². The summed E-state index contributed by atoms with van der Waals surface area (Å²) in [5.74, 6) is -43.9. The van der Waals surface area contributed by atoms with Gasteiger partial charge in [0, 0.05) is 79.6 Å². The van der Waals surface area contributed by atoms with Crippen LogP contribution in [0.5, 0.6) is 0 Å². The Labute approximate surface area is 750 Å². The predicted molar refractivity (Wildman–Crippen MR) is 396 cm³/mol. The number of halogens is 26. The van der Waals surface area contributed by atoms with Crippen molar-refractivity contribution in [2.24, 2.45) is 29.1 Å². The molecule has 0 aliphatic heterocycles. The lowest BCUT2D eigenvalue weighted by atomic mass is 9.49. The fourth-order valence-corrected chi connectivity index (χ4v) is 12.1. The van der Waals surface area contributed by atoms with E-state index in [1.807, 2.05) is 0 Å². The molecule has 5 saturated carbocycles. The first-order valence-electron chi connectivity index (χ1n) is 39.7. The van der Waals surface area contributed by atoms with Gasteiger partial charge in [-0.05, 0) is 116 Å². The Morgan fingerprint density at radius 1 is 0.358 bits per heavy atom. The van der Waals surface area contributed by atoms with E-state index in [4.69, 9.17) is 19.7 Å². The topological polar surface area (TPSA) is 394 Å². The summed E-state index contributed by atoms with van der Waals surface area (Å²) in [6, 6.07) is 0. The van der Waals surface area contributed by atoms with Crippen molar-refractivity contribution in [3.8, 4) is 0 Å². The second-order valence-electron chi connectivity index (χ2n) is 30.8. The van der Waals surface area contributed by atoms with Gasteiger partial charge in [0.2, 0.25) is 23.7 Å². The molecule has 5 aliphatic carbocycles. The summed E-state index contributed by atoms with van der Waals surface area (Å²) in [6.45, 7) is -0.277. The Bertz CT molecular complexity index is 3530. The maximum absolute atomic E-state index is 13.9. The van der Waals surface area contributed by atoms with Crippen LogP contribution in [0.4, 0.5) is 114 Å². The van der Waals surface area contributed by atoms with Crippen molar-refractivity contribution in [3.63, 3.8) is 0 Å². The number of methoxy groups -OCH3 is 7. The fraction of sp³-hybridized carbons (Fsp3) is 0.857. The number of carbonyl (C=O) groups is 11. The quantitative estimate of drug-likeness (QED) is 0.0188. The lowest BCUT2D eigenvalue weighted by Crippen LogP contribution is -2.61. The van der Waals surface area contributed by atoms with Crippen molar-refractivity contribution >= 4 is 65.7 Å². The van der Waals surface area contributed by atoms with Crippen LogP contribution in [0.15, 0.2) is 0 Å². The molecule has 0 heterocycles. The first-order valence-corrected chi connectivity index (χ1v) is 39.7. The number of ether oxygens (including phenoxy) is 18. The van der Waals surface area contributed by atoms with Gasteiger partial charge in [-0.2, -0.15) is 79.0 Å². The van der Waals surface area contributed by atoms with E-state index in [-0.39, 0.29) is 62.9 Å². The third-order valence-corrected chi connectivity index (χ3v) is 18.2. The molecule has 788 valence electrons. The summed E-state index contributed by atoms with van der Waals surface area (Å²) in [6.07, 6.45) is -30.8. The van der Waals surface area contributed by atoms with Gasteiger partial charge in [0.1, 0.15) is 6.10 Å². The summed E-state index contributed by atoms with van der Waals surface area (Å²) in [5.41, 5.74) is -1.10. The lowest BCUT2D eigenvalue weighted by molar-refractivity contribution is -0.359. The van der Waals surface area contributed by atoms with E-state index in [1.54, 1.807) is 0 Å². The third kappa shape index (κ3) is 50.9. The van der Waals surface area contributed by atoms with E-state index in [0.29, 0.717) is 129 Å². The van der Waals surface area contributed by atoms with Crippen molar-refractivity contribution in [2.75, 3.05) is 96.0 Å². The van der Waals surface area contributed by atoms with Gasteiger partial charge >= 0.3 is 132 Å². The number of aliphatic hydroxyl groups excluding tert-OH is 1. The molecule has 0 saturated heterocycles. The number of aliphatic hydroxyl groups is 2. The predicted octanol–water partition coefficient (Wildman–Crippen LogP) is 15.4. The number of carbonyl (C=O) groups excluding carboxylic acids is 11. The molecule has 0 aromatic rings. The average Bonchev–Trinajstić information content (AvgIpc) is 0.730. The zero-order valence-corrected chi connectivity index (χ0v) is 75.3. The van der Waals surface area contributed by atoms with E-state index < -0.39 is 244 Å². The van der Waals surface area contributed by atoms with Gasteiger partial charge < -0.3 is 95.5 Å². The molecule has 57 heteroatoms. The van der Waals surface area contributed by atoms with Crippen molar-refractivity contribution in [2.45, 2.75) is 299 Å². The van der Waals surface area contributed by atoms with Crippen LogP contribution in [-0.2, 0) is 138 Å². The number of esters is 11. The smallest absolute Gasteiger partial charge is 0.468 e. The zero-order chi connectivity index (χ0) is 105. The largest absolute Gasteiger partial charge is 0.469 e. The molecule has 4 bridgehead atoms. The van der Waals surface area contributed by atoms with Gasteiger partial charge in [-0.1, -0.05) is 19.3 Å². The van der Waals surface area contributed by atoms with E-state index in [1.165, 1.54) is 21.3 Å². The van der Waals surface area contributed by atoms with Crippen LogP contribution in [0.2, 0.25) is 0 Å². The SMILES string of the molecule is COC(=O)C(O)(OCCC(C)(F)F)C(F)(F)F.COC(=O)C(OCCC(C)(F)F)(OC(=O)C12CC3CC(CC(C3)C1)C2)C(F)(F)F.COC(=O)C(OCCC(C)(F)F)(OC(=O)C1CCCCC1)C(F)(F)F.COC(=O)C(OCCC(C)(F)F)(OC(C)=O)C(F)(F)F.COC(=O)CCC(COC(C)(F)F)OC(C)=O.COC(=O)CCC(O)COC(C)(F)F.COC(=O)CCCOC(C)(F)F. The van der Waals surface area contributed by atoms with Gasteiger partial charge in [0.25, 0.3) is 0 Å². The fourth-order valence-electron chi connectivity index (χ4n) is 12.1. The highest BCUT2D eigenvalue weighted by Crippen LogP contribution is 2.61. The summed E-state index contributed by atoms with van der Waals surface area (Å²) >= 11 is 0. The molecule has 0 aromatic heterocycles. The standard InChI is InChI=1S/C19H25F5O5.C15H21F5O5.C10H13F5O5.C10H16F2O5.C8H11F5O4.C8H14F2O4.C7H12F2O3/c1-16(20,21)3-4-28-18(15(26)27-2,19(22,23)24)29-14(25)17-8-11-5-12(9-17)7-13(6-11)10-17;1-13(16,17)8-9-24-14(12(22)23-2,15(18,19)20)25-11(21)10-6-4-3-5-7-10;1-6(16)20-9(7(17)18-3,10(13,14)15)19-5-4-8(2,11)12;1-7(13)17-8(4-5-9(14)15-3)6-16-10(2,11)12;1-6(9,10)3-4-17-7(15,5(14)16-2)8(11,12)13;1-8(9,10)14-5-6(11)3-4-7(12)13-2;1-7(8,9)12-5-3-4-6(10)11-2/h11-13H,3-10H2,1-2H3;10H,3-9H2,1-2H3;4-5H2,1-3H3;8H,4-6H2,1-3H3;15H,3-4H2,1-2H3;6,11H,3-5H2,1-2H3;3-5H2,1-2H3. The highest BCUT2D eigenvalue weighted by Gasteiger charge is 2.72. The number of hydrogen-bond donors (Lipinski definition) is 2. The Hall–Kier alpha value is -8.01. The van der Waals surface area contributed by atoms with Gasteiger partial charge in [-0.15, -0.1) is 0 Å². The summed E-state index contributed by atoms with van der Waals surface area (Å²) in [5, 5.41) is 18.0. The highest BCUT2D eigenvalue weighted by atomic mass is 19.4. The van der Waals surface area contributed by atoms with Crippen LogP contribution in [0.3, 0.4) is 0 Å². The Morgan fingerprint density at radius 2 is 0.679 bits per heavy atom. The molecule has 2 N–H and O–H groups in total. The third-order valence-electron chi connectivity index (χ3n) is 18.2. The molecule has 5 rings (SSSR count). The first kappa shape index (κ1) is 130. The van der Waals surface area contributed by atoms with Crippen LogP contribution >= 0.6 is 0 Å². The minimum Gasteiger partial charge on any atom is -0.469 e. The highest BCUT2D eigenvalue weighted by molar-refractivity contribution is 5.86. The molecule has 0 amide bonds. The summed E-state index contributed by atoms with van der Waals surface area (Å²) in [7, 11) is 6.19. The first-order chi connectivity index (χ1) is 60.6. The average molecular weight is 2030 g/mol. The van der Waals surface area contributed by atoms with Crippen molar-refractivity contribution in [1.29, 1.82) is 0 Å². The van der Waals surface area contributed by atoms with Crippen molar-refractivity contribution in [1.82, 2.24) is 0 Å². The second-order valence-corrected chi connectivity index (χ2v) is 30.8. The van der Waals surface area contributed by atoms with Gasteiger partial charge in [-0.3, -0.25) is 33.6 Å². The van der Waals surface area contributed by atoms with Crippen LogP contribution in [0, 0.1) is 29.1 Å². The van der Waals surface area contributed by atoms with Crippen LogP contribution in [0.1, 0.15) is 197 Å². The van der Waals surface area contributed by atoms with E-state index in [0.717, 1.165) is 32.6 Å². The maximum atomic E-state index is 13.9. The molecular weight excluding hydrogens is 1910 g/mol. The molecule has 0 spiro atoms. The number of alkyl halides is 26. The van der Waals surface area contributed by atoms with E-state index >= 15 is 0 Å². The minimum atomic E-state index is -5.50. The second kappa shape index (κ2) is 56.2. The lowest BCUT2D eigenvalue weighted by Gasteiger charge is -2.55. The minimum absolute atomic E-state index is 0.0175. The maximum Gasteiger partial charge on any atom is 0.468 e. The molecule has 5 fully saturated rings. The molecule has 0 aromatic carbocycles. The number of hydrogen-bond acceptors (Lipinski definition) is 31. The molecule has 6 atom stereocenters. The van der Waals surface area contributed by atoms with Crippen molar-refractivity contribution < 1.29 is 262 Å². The number of rotatable bonds is 43. The molecule has 6 unspecified atom stereocenters. The van der Waals surface area contributed by atoms with Crippen LogP contribution in [0.25, 0.3) is 0 Å². The molecule has 134 heavy (non-hydrogen) atoms. The van der Waals surface area contributed by atoms with Gasteiger partial charge in [0.05, 0.1) is 113 Å².